The fourth-order valence-electron chi connectivity index (χ4n) is 2.23. The normalized spacial score (nSPS) is 11.5. The molecule has 0 heterocycles. The van der Waals surface area contributed by atoms with E-state index in [-0.39, 0.29) is 11.4 Å². The molecule has 0 aliphatic rings. The molecule has 9 heteroatoms. The Labute approximate surface area is 166 Å². The predicted octanol–water partition coefficient (Wildman–Crippen LogP) is 3.64. The first-order chi connectivity index (χ1) is 13.9. The van der Waals surface area contributed by atoms with Crippen molar-refractivity contribution >= 4 is 17.6 Å². The van der Waals surface area contributed by atoms with Gasteiger partial charge in [-0.1, -0.05) is 12.1 Å². The Morgan fingerprint density at radius 2 is 1.62 bits per heavy atom. The zero-order valence-corrected chi connectivity index (χ0v) is 15.9. The van der Waals surface area contributed by atoms with Gasteiger partial charge in [-0.3, -0.25) is 4.79 Å². The van der Waals surface area contributed by atoms with Crippen LogP contribution in [0.25, 0.3) is 0 Å². The van der Waals surface area contributed by atoms with Gasteiger partial charge in [0.15, 0.2) is 12.7 Å². The molecule has 0 aromatic heterocycles. The Kier molecular flexibility index (Phi) is 8.20. The first-order valence-electron chi connectivity index (χ1n) is 8.79. The van der Waals surface area contributed by atoms with Gasteiger partial charge in [0, 0.05) is 0 Å². The zero-order chi connectivity index (χ0) is 21.2. The monoisotopic (exact) mass is 409 g/mol. The second-order valence-corrected chi connectivity index (χ2v) is 5.69. The van der Waals surface area contributed by atoms with E-state index in [2.05, 4.69) is 10.1 Å². The number of para-hydroxylation sites is 2. The minimum Gasteiger partial charge on any atom is -0.494 e. The summed E-state index contributed by atoms with van der Waals surface area (Å²) in [6, 6.07) is 12.3. The van der Waals surface area contributed by atoms with Gasteiger partial charge in [0.1, 0.15) is 17.2 Å². The number of carbonyl (C=O) groups is 2. The lowest BCUT2D eigenvalue weighted by molar-refractivity contribution is -0.155. The standard InChI is InChI=1S/C20H21F2NO6/c1-3-26-14-8-10-15(11-9-14)27-12-18(24)28-13(2)19(25)23-16-6-4-5-7-17(16)29-20(21)22/h4-11,13,20H,3,12H2,1-2H3,(H,23,25)/t13-/m0/s1. The molecule has 0 fully saturated rings. The highest BCUT2D eigenvalue weighted by molar-refractivity contribution is 5.96. The second kappa shape index (κ2) is 10.8. The summed E-state index contributed by atoms with van der Waals surface area (Å²) in [5.74, 6) is -0.569. The van der Waals surface area contributed by atoms with E-state index in [4.69, 9.17) is 14.2 Å². The molecule has 0 aliphatic carbocycles. The van der Waals surface area contributed by atoms with E-state index in [0.717, 1.165) is 0 Å². The van der Waals surface area contributed by atoms with Crippen LogP contribution in [-0.2, 0) is 14.3 Å². The fourth-order valence-corrected chi connectivity index (χ4v) is 2.23. The molecule has 0 unspecified atom stereocenters. The van der Waals surface area contributed by atoms with Crippen molar-refractivity contribution in [3.63, 3.8) is 0 Å². The third-order valence-electron chi connectivity index (χ3n) is 3.53. The van der Waals surface area contributed by atoms with Gasteiger partial charge in [-0.2, -0.15) is 8.78 Å². The van der Waals surface area contributed by atoms with E-state index < -0.39 is 31.2 Å². The molecule has 156 valence electrons. The minimum atomic E-state index is -3.04. The highest BCUT2D eigenvalue weighted by Gasteiger charge is 2.20. The first-order valence-corrected chi connectivity index (χ1v) is 8.79. The van der Waals surface area contributed by atoms with Crippen LogP contribution in [0.2, 0.25) is 0 Å². The molecule has 1 N–H and O–H groups in total. The summed E-state index contributed by atoms with van der Waals surface area (Å²) in [5.41, 5.74) is 0.0336. The zero-order valence-electron chi connectivity index (χ0n) is 15.9. The Balaban J connectivity index is 1.83. The lowest BCUT2D eigenvalue weighted by atomic mass is 10.2. The summed E-state index contributed by atoms with van der Waals surface area (Å²) in [6.07, 6.45) is -1.17. The topological polar surface area (TPSA) is 83.1 Å². The van der Waals surface area contributed by atoms with Gasteiger partial charge in [0.25, 0.3) is 5.91 Å². The number of rotatable bonds is 10. The van der Waals surface area contributed by atoms with Crippen LogP contribution in [0, 0.1) is 0 Å². The minimum absolute atomic E-state index is 0.0336. The molecule has 2 aromatic carbocycles. The summed E-state index contributed by atoms with van der Waals surface area (Å²) in [6.45, 7) is 0.299. The number of amides is 1. The van der Waals surface area contributed by atoms with E-state index in [1.165, 1.54) is 31.2 Å². The molecular weight excluding hydrogens is 388 g/mol. The van der Waals surface area contributed by atoms with Crippen LogP contribution in [0.4, 0.5) is 14.5 Å². The first kappa shape index (κ1) is 21.9. The summed E-state index contributed by atoms with van der Waals surface area (Å²) in [7, 11) is 0. The highest BCUT2D eigenvalue weighted by Crippen LogP contribution is 2.25. The SMILES string of the molecule is CCOc1ccc(OCC(=O)O[C@@H](C)C(=O)Nc2ccccc2OC(F)F)cc1. The van der Waals surface area contributed by atoms with E-state index >= 15 is 0 Å². The molecule has 29 heavy (non-hydrogen) atoms. The number of esters is 1. The van der Waals surface area contributed by atoms with Gasteiger partial charge < -0.3 is 24.3 Å². The quantitative estimate of drug-likeness (QED) is 0.604. The lowest BCUT2D eigenvalue weighted by Crippen LogP contribution is -2.31. The average molecular weight is 409 g/mol. The van der Waals surface area contributed by atoms with Gasteiger partial charge in [-0.05, 0) is 50.2 Å². The van der Waals surface area contributed by atoms with Crippen LogP contribution in [0.15, 0.2) is 48.5 Å². The van der Waals surface area contributed by atoms with Crippen molar-refractivity contribution in [3.8, 4) is 17.2 Å². The van der Waals surface area contributed by atoms with Crippen LogP contribution in [0.1, 0.15) is 13.8 Å². The Morgan fingerprint density at radius 1 is 1.00 bits per heavy atom. The molecular formula is C20H21F2NO6. The highest BCUT2D eigenvalue weighted by atomic mass is 19.3. The largest absolute Gasteiger partial charge is 0.494 e. The third-order valence-corrected chi connectivity index (χ3v) is 3.53. The number of ether oxygens (including phenoxy) is 4. The van der Waals surface area contributed by atoms with Crippen molar-refractivity contribution in [1.82, 2.24) is 0 Å². The smallest absolute Gasteiger partial charge is 0.387 e. The molecule has 0 bridgehead atoms. The van der Waals surface area contributed by atoms with Gasteiger partial charge >= 0.3 is 12.6 Å². The molecule has 2 rings (SSSR count). The fraction of sp³-hybridized carbons (Fsp3) is 0.300. The van der Waals surface area contributed by atoms with E-state index in [0.29, 0.717) is 18.1 Å². The maximum atomic E-state index is 12.4. The molecule has 0 aliphatic heterocycles. The number of carbonyl (C=O) groups excluding carboxylic acids is 2. The number of anilines is 1. The Hall–Kier alpha value is -3.36. The maximum Gasteiger partial charge on any atom is 0.387 e. The van der Waals surface area contributed by atoms with Crippen molar-refractivity contribution in [2.45, 2.75) is 26.6 Å². The summed E-state index contributed by atoms with van der Waals surface area (Å²) >= 11 is 0. The lowest BCUT2D eigenvalue weighted by Gasteiger charge is -2.16. The summed E-state index contributed by atoms with van der Waals surface area (Å²) in [4.78, 5) is 24.1. The Bertz CT molecular complexity index is 813. The number of benzene rings is 2. The van der Waals surface area contributed by atoms with Gasteiger partial charge in [-0.25, -0.2) is 4.79 Å². The molecule has 0 radical (unpaired) electrons. The molecule has 0 saturated carbocycles. The number of hydrogen-bond acceptors (Lipinski definition) is 6. The van der Waals surface area contributed by atoms with E-state index in [1.54, 1.807) is 24.3 Å². The van der Waals surface area contributed by atoms with Crippen molar-refractivity contribution < 1.29 is 37.3 Å². The van der Waals surface area contributed by atoms with Gasteiger partial charge in [0.05, 0.1) is 12.3 Å². The van der Waals surface area contributed by atoms with Crippen LogP contribution in [-0.4, -0.2) is 37.8 Å². The number of halogens is 2. The average Bonchev–Trinajstić information content (AvgIpc) is 2.68. The van der Waals surface area contributed by atoms with Crippen molar-refractivity contribution in [2.24, 2.45) is 0 Å². The number of nitrogens with one attached hydrogen (secondary N) is 1. The third kappa shape index (κ3) is 7.28. The van der Waals surface area contributed by atoms with E-state index in [9.17, 15) is 18.4 Å². The van der Waals surface area contributed by atoms with Gasteiger partial charge in [-0.15, -0.1) is 0 Å². The number of hydrogen-bond donors (Lipinski definition) is 1. The van der Waals surface area contributed by atoms with Crippen LogP contribution < -0.4 is 19.5 Å². The Morgan fingerprint density at radius 3 is 2.24 bits per heavy atom. The number of alkyl halides is 2. The van der Waals surface area contributed by atoms with Crippen LogP contribution >= 0.6 is 0 Å². The van der Waals surface area contributed by atoms with E-state index in [1.807, 2.05) is 6.92 Å². The molecule has 1 amide bonds. The second-order valence-electron chi connectivity index (χ2n) is 5.69. The molecule has 1 atom stereocenters. The molecule has 0 saturated heterocycles. The molecule has 2 aromatic rings. The molecule has 0 spiro atoms. The van der Waals surface area contributed by atoms with Crippen molar-refractivity contribution in [2.75, 3.05) is 18.5 Å². The summed E-state index contributed by atoms with van der Waals surface area (Å²) < 4.78 is 44.8. The molecule has 7 nitrogen and oxygen atoms in total. The maximum absolute atomic E-state index is 12.4. The van der Waals surface area contributed by atoms with Crippen molar-refractivity contribution in [3.05, 3.63) is 48.5 Å². The van der Waals surface area contributed by atoms with Crippen LogP contribution in [0.3, 0.4) is 0 Å². The van der Waals surface area contributed by atoms with Crippen molar-refractivity contribution in [1.29, 1.82) is 0 Å². The predicted molar refractivity (Wildman–Crippen MR) is 100 cm³/mol. The van der Waals surface area contributed by atoms with Gasteiger partial charge in [0.2, 0.25) is 0 Å². The summed E-state index contributed by atoms with van der Waals surface area (Å²) in [5, 5.41) is 2.38. The van der Waals surface area contributed by atoms with Crippen LogP contribution in [0.5, 0.6) is 17.2 Å².